The van der Waals surface area contributed by atoms with E-state index in [1.54, 1.807) is 0 Å². The molecule has 0 amide bonds. The largest absolute Gasteiger partial charge is 0.493 e. The second-order valence-electron chi connectivity index (χ2n) is 7.16. The van der Waals surface area contributed by atoms with Crippen molar-refractivity contribution < 1.29 is 9.47 Å². The van der Waals surface area contributed by atoms with Gasteiger partial charge in [-0.15, -0.1) is 0 Å². The van der Waals surface area contributed by atoms with E-state index in [1.165, 1.54) is 29.5 Å². The molecule has 2 aliphatic rings. The summed E-state index contributed by atoms with van der Waals surface area (Å²) in [7, 11) is 1.81. The molecule has 0 radical (unpaired) electrons. The van der Waals surface area contributed by atoms with Gasteiger partial charge in [-0.05, 0) is 50.2 Å². The molecule has 1 aromatic rings. The first kappa shape index (κ1) is 18.8. The molecule has 0 bridgehead atoms. The maximum absolute atomic E-state index is 6.05. The van der Waals surface area contributed by atoms with E-state index >= 15 is 0 Å². The standard InChI is InChI=1S/C21H31N3O2/c1-16-3-6-19(20(13-16)26-15-18-4-5-18)14-24-21(22-2)23-10-7-17-8-11-25-12-9-17/h3,6,8,13,18H,4-5,7,9-12,14-15H2,1-2H3,(H2,22,23,24). The number of hydrogen-bond acceptors (Lipinski definition) is 3. The average molecular weight is 357 g/mol. The fourth-order valence-electron chi connectivity index (χ4n) is 2.97. The highest BCUT2D eigenvalue weighted by atomic mass is 16.5. The van der Waals surface area contributed by atoms with E-state index in [2.05, 4.69) is 46.8 Å². The number of benzene rings is 1. The lowest BCUT2D eigenvalue weighted by Gasteiger charge is -2.17. The smallest absolute Gasteiger partial charge is 0.191 e. The molecule has 1 heterocycles. The fourth-order valence-corrected chi connectivity index (χ4v) is 2.97. The fraction of sp³-hybridized carbons (Fsp3) is 0.571. The van der Waals surface area contributed by atoms with Gasteiger partial charge < -0.3 is 20.1 Å². The number of nitrogens with zero attached hydrogens (tertiary/aromatic N) is 1. The Morgan fingerprint density at radius 2 is 2.19 bits per heavy atom. The molecule has 1 aliphatic heterocycles. The lowest BCUT2D eigenvalue weighted by atomic mass is 10.1. The monoisotopic (exact) mass is 357 g/mol. The topological polar surface area (TPSA) is 54.9 Å². The molecule has 0 spiro atoms. The zero-order valence-corrected chi connectivity index (χ0v) is 16.0. The molecular weight excluding hydrogens is 326 g/mol. The van der Waals surface area contributed by atoms with Gasteiger partial charge in [0.05, 0.1) is 19.8 Å². The summed E-state index contributed by atoms with van der Waals surface area (Å²) in [6.45, 7) is 6.12. The third kappa shape index (κ3) is 6.06. The van der Waals surface area contributed by atoms with Crippen molar-refractivity contribution in [3.8, 4) is 5.75 Å². The lowest BCUT2D eigenvalue weighted by Crippen LogP contribution is -2.37. The van der Waals surface area contributed by atoms with Crippen LogP contribution in [0.4, 0.5) is 0 Å². The molecule has 0 aromatic heterocycles. The molecule has 0 saturated heterocycles. The maximum Gasteiger partial charge on any atom is 0.191 e. The van der Waals surface area contributed by atoms with Gasteiger partial charge in [0.25, 0.3) is 0 Å². The zero-order valence-electron chi connectivity index (χ0n) is 16.0. The van der Waals surface area contributed by atoms with E-state index in [1.807, 2.05) is 7.05 Å². The summed E-state index contributed by atoms with van der Waals surface area (Å²) < 4.78 is 11.4. The molecule has 0 atom stereocenters. The van der Waals surface area contributed by atoms with Crippen LogP contribution in [0.3, 0.4) is 0 Å². The van der Waals surface area contributed by atoms with E-state index in [0.29, 0.717) is 6.54 Å². The first-order valence-corrected chi connectivity index (χ1v) is 9.67. The van der Waals surface area contributed by atoms with E-state index in [4.69, 9.17) is 9.47 Å². The van der Waals surface area contributed by atoms with Crippen molar-refractivity contribution in [1.82, 2.24) is 10.6 Å². The van der Waals surface area contributed by atoms with Crippen LogP contribution in [0.15, 0.2) is 34.8 Å². The number of ether oxygens (including phenoxy) is 2. The van der Waals surface area contributed by atoms with Gasteiger partial charge in [-0.3, -0.25) is 4.99 Å². The molecule has 5 nitrogen and oxygen atoms in total. The normalized spacial score (nSPS) is 17.6. The Morgan fingerprint density at radius 3 is 2.92 bits per heavy atom. The van der Waals surface area contributed by atoms with E-state index in [-0.39, 0.29) is 0 Å². The Bertz CT molecular complexity index is 651. The van der Waals surface area contributed by atoms with Crippen molar-refractivity contribution in [2.24, 2.45) is 10.9 Å². The molecular formula is C21H31N3O2. The predicted molar refractivity (Wildman–Crippen MR) is 106 cm³/mol. The Balaban J connectivity index is 1.47. The zero-order chi connectivity index (χ0) is 18.2. The van der Waals surface area contributed by atoms with Crippen LogP contribution in [0, 0.1) is 12.8 Å². The van der Waals surface area contributed by atoms with Crippen molar-refractivity contribution in [3.05, 3.63) is 41.0 Å². The summed E-state index contributed by atoms with van der Waals surface area (Å²) in [5.74, 6) is 2.57. The van der Waals surface area contributed by atoms with Crippen molar-refractivity contribution in [1.29, 1.82) is 0 Å². The van der Waals surface area contributed by atoms with Crippen LogP contribution in [-0.2, 0) is 11.3 Å². The summed E-state index contributed by atoms with van der Waals surface area (Å²) in [6.07, 6.45) is 6.87. The summed E-state index contributed by atoms with van der Waals surface area (Å²) in [5, 5.41) is 6.80. The first-order chi connectivity index (χ1) is 12.7. The van der Waals surface area contributed by atoms with Crippen LogP contribution in [-0.4, -0.2) is 39.4 Å². The Kier molecular flexibility index (Phi) is 6.95. The summed E-state index contributed by atoms with van der Waals surface area (Å²) in [4.78, 5) is 4.33. The van der Waals surface area contributed by atoms with Gasteiger partial charge >= 0.3 is 0 Å². The van der Waals surface area contributed by atoms with Gasteiger partial charge in [-0.2, -0.15) is 0 Å². The number of guanidine groups is 1. The van der Waals surface area contributed by atoms with Gasteiger partial charge in [-0.25, -0.2) is 0 Å². The molecule has 0 unspecified atom stereocenters. The quantitative estimate of drug-likeness (QED) is 0.426. The minimum absolute atomic E-state index is 0.705. The van der Waals surface area contributed by atoms with E-state index in [9.17, 15) is 0 Å². The minimum Gasteiger partial charge on any atom is -0.493 e. The minimum atomic E-state index is 0.705. The highest BCUT2D eigenvalue weighted by Crippen LogP contribution is 2.30. The summed E-state index contributed by atoms with van der Waals surface area (Å²) in [5.41, 5.74) is 3.87. The highest BCUT2D eigenvalue weighted by molar-refractivity contribution is 5.79. The lowest BCUT2D eigenvalue weighted by molar-refractivity contribution is 0.153. The Morgan fingerprint density at radius 1 is 1.31 bits per heavy atom. The summed E-state index contributed by atoms with van der Waals surface area (Å²) >= 11 is 0. The van der Waals surface area contributed by atoms with Crippen LogP contribution < -0.4 is 15.4 Å². The first-order valence-electron chi connectivity index (χ1n) is 9.67. The Hall–Kier alpha value is -2.01. The molecule has 5 heteroatoms. The number of hydrogen-bond donors (Lipinski definition) is 2. The number of nitrogens with one attached hydrogen (secondary N) is 2. The van der Waals surface area contributed by atoms with E-state index < -0.39 is 0 Å². The summed E-state index contributed by atoms with van der Waals surface area (Å²) in [6, 6.07) is 6.41. The predicted octanol–water partition coefficient (Wildman–Crippen LogP) is 3.19. The SMILES string of the molecule is CN=C(NCCC1=CCOCC1)NCc1ccc(C)cc1OCC1CC1. The van der Waals surface area contributed by atoms with Crippen LogP contribution in [0.2, 0.25) is 0 Å². The number of rotatable bonds is 8. The molecule has 1 saturated carbocycles. The molecule has 1 aromatic carbocycles. The van der Waals surface area contributed by atoms with Gasteiger partial charge in [0.1, 0.15) is 5.75 Å². The van der Waals surface area contributed by atoms with Crippen LogP contribution in [0.1, 0.15) is 36.8 Å². The van der Waals surface area contributed by atoms with Crippen molar-refractivity contribution in [3.63, 3.8) is 0 Å². The van der Waals surface area contributed by atoms with Crippen molar-refractivity contribution in [2.45, 2.75) is 39.2 Å². The third-order valence-corrected chi connectivity index (χ3v) is 4.86. The molecule has 2 N–H and O–H groups in total. The van der Waals surface area contributed by atoms with Gasteiger partial charge in [0.15, 0.2) is 5.96 Å². The molecule has 142 valence electrons. The molecule has 26 heavy (non-hydrogen) atoms. The second kappa shape index (κ2) is 9.62. The number of aliphatic imine (C=N–C) groups is 1. The average Bonchev–Trinajstić information content (AvgIpc) is 3.49. The third-order valence-electron chi connectivity index (χ3n) is 4.86. The van der Waals surface area contributed by atoms with Crippen molar-refractivity contribution >= 4 is 5.96 Å². The second-order valence-corrected chi connectivity index (χ2v) is 7.16. The van der Waals surface area contributed by atoms with Crippen LogP contribution in [0.5, 0.6) is 5.75 Å². The van der Waals surface area contributed by atoms with Gasteiger partial charge in [0.2, 0.25) is 0 Å². The van der Waals surface area contributed by atoms with Crippen molar-refractivity contribution in [2.75, 3.05) is 33.4 Å². The molecule has 3 rings (SSSR count). The van der Waals surface area contributed by atoms with Gasteiger partial charge in [0, 0.05) is 25.7 Å². The molecule has 1 aliphatic carbocycles. The number of aryl methyl sites for hydroxylation is 1. The van der Waals surface area contributed by atoms with Crippen LogP contribution >= 0.6 is 0 Å². The maximum atomic E-state index is 6.05. The Labute approximate surface area is 156 Å². The molecule has 1 fully saturated rings. The van der Waals surface area contributed by atoms with Gasteiger partial charge in [-0.1, -0.05) is 23.8 Å². The highest BCUT2D eigenvalue weighted by Gasteiger charge is 2.22. The van der Waals surface area contributed by atoms with E-state index in [0.717, 1.165) is 56.8 Å². The van der Waals surface area contributed by atoms with Crippen LogP contribution in [0.25, 0.3) is 0 Å².